The topological polar surface area (TPSA) is 82.3 Å². The molecule has 1 aromatic carbocycles. The van der Waals surface area contributed by atoms with E-state index >= 15 is 0 Å². The molecule has 0 fully saturated rings. The third-order valence-electron chi connectivity index (χ3n) is 2.77. The number of nitrogens with one attached hydrogen (secondary N) is 1. The Morgan fingerprint density at radius 1 is 1.20 bits per heavy atom. The molecule has 7 heteroatoms. The van der Waals surface area contributed by atoms with Gasteiger partial charge in [0.1, 0.15) is 0 Å². The molecule has 0 aliphatic carbocycles. The zero-order valence-electron chi connectivity index (χ0n) is 10.6. The van der Waals surface area contributed by atoms with Crippen molar-refractivity contribution in [3.05, 3.63) is 30.2 Å². The lowest BCUT2D eigenvalue weighted by atomic mass is 10.2. The summed E-state index contributed by atoms with van der Waals surface area (Å²) in [6, 6.07) is 5.26. The number of hydrogen-bond acceptors (Lipinski definition) is 6. The summed E-state index contributed by atoms with van der Waals surface area (Å²) in [7, 11) is 0. The summed E-state index contributed by atoms with van der Waals surface area (Å²) in [4.78, 5) is 7.38. The molecule has 0 spiro atoms. The van der Waals surface area contributed by atoms with Gasteiger partial charge in [-0.15, -0.1) is 0 Å². The van der Waals surface area contributed by atoms with E-state index in [-0.39, 0.29) is 11.8 Å². The molecule has 0 saturated heterocycles. The van der Waals surface area contributed by atoms with Crippen molar-refractivity contribution in [1.82, 2.24) is 9.97 Å². The Balaban J connectivity index is 1.87. The second-order valence-electron chi connectivity index (χ2n) is 4.26. The van der Waals surface area contributed by atoms with E-state index in [0.29, 0.717) is 30.4 Å². The molecular weight excluding hydrogens is 263 g/mol. The van der Waals surface area contributed by atoms with E-state index in [9.17, 15) is 4.39 Å². The van der Waals surface area contributed by atoms with Crippen LogP contribution in [0, 0.1) is 5.82 Å². The van der Waals surface area contributed by atoms with Gasteiger partial charge >= 0.3 is 0 Å². The zero-order chi connectivity index (χ0) is 13.9. The molecule has 0 unspecified atom stereocenters. The Morgan fingerprint density at radius 3 is 2.85 bits per heavy atom. The molecule has 0 bridgehead atoms. The van der Waals surface area contributed by atoms with E-state index in [1.165, 1.54) is 0 Å². The van der Waals surface area contributed by atoms with Crippen LogP contribution in [0.15, 0.2) is 24.4 Å². The van der Waals surface area contributed by atoms with Crippen molar-refractivity contribution in [2.24, 2.45) is 0 Å². The second-order valence-corrected chi connectivity index (χ2v) is 4.26. The van der Waals surface area contributed by atoms with Crippen LogP contribution in [0.5, 0.6) is 11.5 Å². The number of halogens is 1. The summed E-state index contributed by atoms with van der Waals surface area (Å²) in [6.45, 7) is 1.21. The number of nitrogen functional groups attached to an aromatic ring is 1. The number of ether oxygens (including phenoxy) is 2. The van der Waals surface area contributed by atoms with Crippen molar-refractivity contribution in [1.29, 1.82) is 0 Å². The number of nitrogens with zero attached hydrogens (tertiary/aromatic N) is 2. The van der Waals surface area contributed by atoms with Gasteiger partial charge < -0.3 is 20.5 Å². The van der Waals surface area contributed by atoms with Crippen LogP contribution in [0.1, 0.15) is 6.42 Å². The van der Waals surface area contributed by atoms with Gasteiger partial charge in [0.25, 0.3) is 0 Å². The Hall–Kier alpha value is -2.57. The van der Waals surface area contributed by atoms with Crippen LogP contribution in [0.3, 0.4) is 0 Å². The number of hydrogen-bond donors (Lipinski definition) is 2. The number of benzene rings is 1. The minimum atomic E-state index is -0.577. The molecule has 0 saturated carbocycles. The Morgan fingerprint density at radius 2 is 2.00 bits per heavy atom. The molecular formula is C13H13FN4O2. The van der Waals surface area contributed by atoms with E-state index in [1.807, 2.05) is 0 Å². The van der Waals surface area contributed by atoms with E-state index in [2.05, 4.69) is 15.3 Å². The van der Waals surface area contributed by atoms with Gasteiger partial charge in [0.2, 0.25) is 5.95 Å². The van der Waals surface area contributed by atoms with Crippen molar-refractivity contribution >= 4 is 17.5 Å². The summed E-state index contributed by atoms with van der Waals surface area (Å²) in [6.07, 6.45) is 1.85. The largest absolute Gasteiger partial charge is 0.490 e. The van der Waals surface area contributed by atoms with E-state index < -0.39 is 5.82 Å². The highest BCUT2D eigenvalue weighted by atomic mass is 19.1. The van der Waals surface area contributed by atoms with Gasteiger partial charge in [0, 0.05) is 18.2 Å². The van der Waals surface area contributed by atoms with Crippen LogP contribution < -0.4 is 20.5 Å². The van der Waals surface area contributed by atoms with E-state index in [1.54, 1.807) is 18.2 Å². The molecule has 2 heterocycles. The number of rotatable bonds is 2. The lowest BCUT2D eigenvalue weighted by Crippen LogP contribution is -2.02. The van der Waals surface area contributed by atoms with Crippen molar-refractivity contribution < 1.29 is 13.9 Å². The molecule has 104 valence electrons. The van der Waals surface area contributed by atoms with Crippen molar-refractivity contribution in [3.8, 4) is 11.5 Å². The fraction of sp³-hybridized carbons (Fsp3) is 0.231. The maximum absolute atomic E-state index is 13.6. The summed E-state index contributed by atoms with van der Waals surface area (Å²) in [5, 5.41) is 2.84. The standard InChI is InChI=1S/C13H13FN4O2/c14-9-7-16-13(15)18-12(9)17-8-2-3-10-11(6-8)20-5-1-4-19-10/h2-3,6-7H,1,4-5H2,(H3,15,16,17,18). The van der Waals surface area contributed by atoms with Crippen LogP contribution in [-0.2, 0) is 0 Å². The first-order valence-electron chi connectivity index (χ1n) is 6.17. The Bertz CT molecular complexity index is 636. The van der Waals surface area contributed by atoms with Crippen LogP contribution in [0.2, 0.25) is 0 Å². The predicted molar refractivity (Wildman–Crippen MR) is 71.7 cm³/mol. The quantitative estimate of drug-likeness (QED) is 0.874. The molecule has 0 atom stereocenters. The van der Waals surface area contributed by atoms with Gasteiger partial charge in [-0.3, -0.25) is 0 Å². The average Bonchev–Trinajstić information content (AvgIpc) is 2.67. The van der Waals surface area contributed by atoms with E-state index in [4.69, 9.17) is 15.2 Å². The normalized spacial score (nSPS) is 13.7. The summed E-state index contributed by atoms with van der Waals surface area (Å²) in [5.74, 6) is 0.743. The molecule has 3 rings (SSSR count). The smallest absolute Gasteiger partial charge is 0.222 e. The van der Waals surface area contributed by atoms with Crippen LogP contribution in [0.25, 0.3) is 0 Å². The minimum Gasteiger partial charge on any atom is -0.490 e. The molecule has 1 aliphatic heterocycles. The molecule has 0 radical (unpaired) electrons. The average molecular weight is 276 g/mol. The summed E-state index contributed by atoms with van der Waals surface area (Å²) >= 11 is 0. The second kappa shape index (κ2) is 5.20. The maximum atomic E-state index is 13.6. The fourth-order valence-corrected chi connectivity index (χ4v) is 1.85. The summed E-state index contributed by atoms with van der Waals surface area (Å²) < 4.78 is 24.6. The van der Waals surface area contributed by atoms with Crippen molar-refractivity contribution in [2.75, 3.05) is 24.3 Å². The molecule has 1 aliphatic rings. The SMILES string of the molecule is Nc1ncc(F)c(Nc2ccc3c(c2)OCCCO3)n1. The highest BCUT2D eigenvalue weighted by Crippen LogP contribution is 2.33. The first kappa shape index (κ1) is 12.5. The van der Waals surface area contributed by atoms with Gasteiger partial charge in [-0.1, -0.05) is 0 Å². The lowest BCUT2D eigenvalue weighted by Gasteiger charge is -2.11. The molecule has 1 aromatic heterocycles. The van der Waals surface area contributed by atoms with Gasteiger partial charge in [0.05, 0.1) is 19.4 Å². The molecule has 6 nitrogen and oxygen atoms in total. The van der Waals surface area contributed by atoms with Crippen molar-refractivity contribution in [3.63, 3.8) is 0 Å². The Kier molecular flexibility index (Phi) is 3.24. The Labute approximate surface area is 114 Å². The molecule has 3 N–H and O–H groups in total. The summed E-state index contributed by atoms with van der Waals surface area (Å²) in [5.41, 5.74) is 6.07. The third kappa shape index (κ3) is 2.56. The number of aromatic nitrogens is 2. The third-order valence-corrected chi connectivity index (χ3v) is 2.77. The number of nitrogens with two attached hydrogens (primary N) is 1. The fourth-order valence-electron chi connectivity index (χ4n) is 1.85. The highest BCUT2D eigenvalue weighted by molar-refractivity contribution is 5.62. The van der Waals surface area contributed by atoms with Crippen LogP contribution in [0.4, 0.5) is 21.8 Å². The minimum absolute atomic E-state index is 0.00300. The lowest BCUT2D eigenvalue weighted by molar-refractivity contribution is 0.297. The van der Waals surface area contributed by atoms with Crippen molar-refractivity contribution in [2.45, 2.75) is 6.42 Å². The van der Waals surface area contributed by atoms with Gasteiger partial charge in [-0.2, -0.15) is 4.98 Å². The monoisotopic (exact) mass is 276 g/mol. The molecule has 0 amide bonds. The van der Waals surface area contributed by atoms with E-state index in [0.717, 1.165) is 12.6 Å². The molecule has 20 heavy (non-hydrogen) atoms. The highest BCUT2D eigenvalue weighted by Gasteiger charge is 2.12. The maximum Gasteiger partial charge on any atom is 0.222 e. The zero-order valence-corrected chi connectivity index (χ0v) is 10.6. The molecule has 2 aromatic rings. The first-order chi connectivity index (χ1) is 9.72. The first-order valence-corrected chi connectivity index (χ1v) is 6.17. The van der Waals surface area contributed by atoms with Gasteiger partial charge in [-0.05, 0) is 12.1 Å². The number of fused-ring (bicyclic) bond motifs is 1. The number of anilines is 3. The van der Waals surface area contributed by atoms with Gasteiger partial charge in [0.15, 0.2) is 23.1 Å². The van der Waals surface area contributed by atoms with Crippen LogP contribution >= 0.6 is 0 Å². The van der Waals surface area contributed by atoms with Gasteiger partial charge in [-0.25, -0.2) is 9.37 Å². The van der Waals surface area contributed by atoms with Crippen LogP contribution in [-0.4, -0.2) is 23.2 Å². The predicted octanol–water partition coefficient (Wildman–Crippen LogP) is 2.10.